The molecule has 0 aromatic carbocycles. The largest absolute Gasteiger partial charge is 0.367 e. The van der Waals surface area contributed by atoms with Gasteiger partial charge in [0.25, 0.3) is 0 Å². The first-order valence-corrected chi connectivity index (χ1v) is 9.13. The molecule has 2 aliphatic rings. The van der Waals surface area contributed by atoms with Crippen LogP contribution in [0.5, 0.6) is 0 Å². The van der Waals surface area contributed by atoms with Gasteiger partial charge in [0.2, 0.25) is 0 Å². The fourth-order valence-electron chi connectivity index (χ4n) is 4.22. The maximum Gasteiger partial charge on any atom is 0.0892 e. The third-order valence-electron chi connectivity index (χ3n) is 5.89. The zero-order chi connectivity index (χ0) is 15.6. The third-order valence-corrected chi connectivity index (χ3v) is 5.89. The predicted octanol–water partition coefficient (Wildman–Crippen LogP) is 5.99. The van der Waals surface area contributed by atoms with Crippen LogP contribution in [-0.2, 0) is 4.74 Å². The Morgan fingerprint density at radius 1 is 1.29 bits per heavy atom. The summed E-state index contributed by atoms with van der Waals surface area (Å²) in [7, 11) is 0. The van der Waals surface area contributed by atoms with E-state index in [0.29, 0.717) is 6.10 Å². The molecule has 122 valence electrons. The Bertz CT molecular complexity index is 366. The lowest BCUT2D eigenvalue weighted by Crippen LogP contribution is -2.27. The highest BCUT2D eigenvalue weighted by Crippen LogP contribution is 2.41. The zero-order valence-electron chi connectivity index (χ0n) is 15.1. The summed E-state index contributed by atoms with van der Waals surface area (Å²) in [6.45, 7) is 14.0. The van der Waals surface area contributed by atoms with Crippen LogP contribution >= 0.6 is 0 Å². The van der Waals surface area contributed by atoms with E-state index in [4.69, 9.17) is 4.74 Å². The molecule has 0 aromatic rings. The van der Waals surface area contributed by atoms with Crippen molar-refractivity contribution in [2.45, 2.75) is 91.8 Å². The van der Waals surface area contributed by atoms with Crippen molar-refractivity contribution in [1.29, 1.82) is 0 Å². The van der Waals surface area contributed by atoms with Crippen molar-refractivity contribution in [3.8, 4) is 0 Å². The molecule has 0 radical (unpaired) electrons. The van der Waals surface area contributed by atoms with E-state index in [1.165, 1.54) is 38.5 Å². The summed E-state index contributed by atoms with van der Waals surface area (Å²) >= 11 is 0. The van der Waals surface area contributed by atoms with Crippen molar-refractivity contribution in [3.05, 3.63) is 11.6 Å². The van der Waals surface area contributed by atoms with Crippen LogP contribution in [0.4, 0.5) is 0 Å². The van der Waals surface area contributed by atoms with Crippen LogP contribution in [0.15, 0.2) is 11.6 Å². The highest BCUT2D eigenvalue weighted by Gasteiger charge is 2.46. The number of ether oxygens (including phenoxy) is 1. The summed E-state index contributed by atoms with van der Waals surface area (Å²) in [5.41, 5.74) is 1.73. The van der Waals surface area contributed by atoms with Gasteiger partial charge in [-0.3, -0.25) is 0 Å². The molecule has 1 aliphatic carbocycles. The van der Waals surface area contributed by atoms with Gasteiger partial charge in [0.05, 0.1) is 11.7 Å². The monoisotopic (exact) mass is 292 g/mol. The van der Waals surface area contributed by atoms with Crippen LogP contribution in [0.1, 0.15) is 80.1 Å². The predicted molar refractivity (Wildman–Crippen MR) is 91.4 cm³/mol. The van der Waals surface area contributed by atoms with Gasteiger partial charge in [0.1, 0.15) is 0 Å². The van der Waals surface area contributed by atoms with Crippen molar-refractivity contribution in [2.75, 3.05) is 0 Å². The van der Waals surface area contributed by atoms with Gasteiger partial charge in [-0.05, 0) is 76.5 Å². The topological polar surface area (TPSA) is 12.5 Å². The van der Waals surface area contributed by atoms with Crippen LogP contribution in [0, 0.1) is 23.7 Å². The molecule has 0 aromatic heterocycles. The molecule has 0 amide bonds. The van der Waals surface area contributed by atoms with E-state index in [1.54, 1.807) is 5.57 Å². The van der Waals surface area contributed by atoms with Crippen LogP contribution < -0.4 is 0 Å². The summed E-state index contributed by atoms with van der Waals surface area (Å²) in [6.07, 6.45) is 11.1. The van der Waals surface area contributed by atoms with Gasteiger partial charge in [-0.1, -0.05) is 38.8 Å². The Kier molecular flexibility index (Phi) is 5.57. The first-order valence-electron chi connectivity index (χ1n) is 9.13. The molecule has 2 rings (SSSR count). The van der Waals surface area contributed by atoms with Gasteiger partial charge < -0.3 is 4.74 Å². The summed E-state index contributed by atoms with van der Waals surface area (Å²) in [5.74, 6) is 3.63. The molecule has 0 N–H and O–H groups in total. The van der Waals surface area contributed by atoms with Crippen molar-refractivity contribution in [1.82, 2.24) is 0 Å². The Morgan fingerprint density at radius 3 is 2.52 bits per heavy atom. The summed E-state index contributed by atoms with van der Waals surface area (Å²) in [4.78, 5) is 0. The maximum absolute atomic E-state index is 5.68. The second-order valence-electron chi connectivity index (χ2n) is 8.62. The smallest absolute Gasteiger partial charge is 0.0892 e. The van der Waals surface area contributed by atoms with Crippen LogP contribution in [0.3, 0.4) is 0 Å². The molecule has 4 unspecified atom stereocenters. The standard InChI is InChI=1S/C20H36O/c1-14(2)18-11-8-16(4)13-17(18)10-7-15(3)9-12-19-20(5,6)21-19/h7,14,16-19H,8-13H2,1-6H3/b15-7+. The van der Waals surface area contributed by atoms with Crippen molar-refractivity contribution >= 4 is 0 Å². The lowest BCUT2D eigenvalue weighted by molar-refractivity contribution is 0.146. The molecule has 0 bridgehead atoms. The molecule has 21 heavy (non-hydrogen) atoms. The minimum atomic E-state index is 0.155. The number of epoxide rings is 1. The van der Waals surface area contributed by atoms with E-state index in [-0.39, 0.29) is 5.60 Å². The quantitative estimate of drug-likeness (QED) is 0.433. The van der Waals surface area contributed by atoms with E-state index in [0.717, 1.165) is 23.7 Å². The van der Waals surface area contributed by atoms with E-state index < -0.39 is 0 Å². The highest BCUT2D eigenvalue weighted by molar-refractivity contribution is 5.03. The summed E-state index contributed by atoms with van der Waals surface area (Å²) in [6, 6.07) is 0. The highest BCUT2D eigenvalue weighted by atomic mass is 16.6. The van der Waals surface area contributed by atoms with Gasteiger partial charge in [-0.15, -0.1) is 0 Å². The number of allylic oxidation sites excluding steroid dienone is 2. The molecule has 4 atom stereocenters. The van der Waals surface area contributed by atoms with Crippen LogP contribution in [-0.4, -0.2) is 11.7 Å². The molecule has 1 saturated heterocycles. The molecular weight excluding hydrogens is 256 g/mol. The molecule has 2 fully saturated rings. The van der Waals surface area contributed by atoms with Gasteiger partial charge in [-0.2, -0.15) is 0 Å². The van der Waals surface area contributed by atoms with Crippen molar-refractivity contribution < 1.29 is 4.74 Å². The lowest BCUT2D eigenvalue weighted by Gasteiger charge is -2.37. The first-order chi connectivity index (χ1) is 9.79. The molecular formula is C20H36O. The van der Waals surface area contributed by atoms with Gasteiger partial charge >= 0.3 is 0 Å². The first kappa shape index (κ1) is 17.1. The Hall–Kier alpha value is -0.300. The average molecular weight is 293 g/mol. The number of rotatable bonds is 6. The van der Waals surface area contributed by atoms with Crippen LogP contribution in [0.2, 0.25) is 0 Å². The Morgan fingerprint density at radius 2 is 1.95 bits per heavy atom. The fraction of sp³-hybridized carbons (Fsp3) is 0.900. The van der Waals surface area contributed by atoms with E-state index >= 15 is 0 Å². The van der Waals surface area contributed by atoms with Gasteiger partial charge in [0.15, 0.2) is 0 Å². The lowest BCUT2D eigenvalue weighted by atomic mass is 9.69. The molecule has 1 saturated carbocycles. The maximum atomic E-state index is 5.68. The van der Waals surface area contributed by atoms with Crippen molar-refractivity contribution in [2.24, 2.45) is 23.7 Å². The second kappa shape index (κ2) is 6.86. The fourth-order valence-corrected chi connectivity index (χ4v) is 4.22. The second-order valence-corrected chi connectivity index (χ2v) is 8.62. The molecule has 1 heterocycles. The molecule has 1 heteroatoms. The molecule has 1 nitrogen and oxygen atoms in total. The van der Waals surface area contributed by atoms with Gasteiger partial charge in [-0.25, -0.2) is 0 Å². The zero-order valence-corrected chi connectivity index (χ0v) is 15.1. The van der Waals surface area contributed by atoms with Gasteiger partial charge in [0, 0.05) is 0 Å². The number of hydrogen-bond acceptors (Lipinski definition) is 1. The minimum Gasteiger partial charge on any atom is -0.367 e. The Balaban J connectivity index is 1.79. The summed E-state index contributed by atoms with van der Waals surface area (Å²) < 4.78 is 5.68. The van der Waals surface area contributed by atoms with E-state index in [1.807, 2.05) is 0 Å². The van der Waals surface area contributed by atoms with Crippen LogP contribution in [0.25, 0.3) is 0 Å². The third kappa shape index (κ3) is 4.84. The summed E-state index contributed by atoms with van der Waals surface area (Å²) in [5, 5.41) is 0. The van der Waals surface area contributed by atoms with Crippen molar-refractivity contribution in [3.63, 3.8) is 0 Å². The van der Waals surface area contributed by atoms with E-state index in [2.05, 4.69) is 47.6 Å². The average Bonchev–Trinajstić information content (AvgIpc) is 3.01. The SMILES string of the molecule is C/C(=C\CC1CC(C)CCC1C(C)C)CCC1OC1(C)C. The van der Waals surface area contributed by atoms with E-state index in [9.17, 15) is 0 Å². The molecule has 1 aliphatic heterocycles. The number of hydrogen-bond donors (Lipinski definition) is 0. The minimum absolute atomic E-state index is 0.155. The normalized spacial score (nSPS) is 36.0. The Labute approximate surface area is 132 Å². The molecule has 0 spiro atoms.